The molecular weight excluding hydrogens is 258 g/mol. The summed E-state index contributed by atoms with van der Waals surface area (Å²) >= 11 is 0. The predicted molar refractivity (Wildman–Crippen MR) is 75.1 cm³/mol. The van der Waals surface area contributed by atoms with Crippen LogP contribution in [0.3, 0.4) is 0 Å². The molecule has 0 aromatic carbocycles. The first-order valence-electron chi connectivity index (χ1n) is 6.39. The number of pyridine rings is 1. The van der Waals surface area contributed by atoms with Gasteiger partial charge < -0.3 is 15.6 Å². The molecule has 2 aromatic heterocycles. The van der Waals surface area contributed by atoms with Gasteiger partial charge in [0.15, 0.2) is 5.82 Å². The highest BCUT2D eigenvalue weighted by Gasteiger charge is 2.02. The maximum atomic E-state index is 11.5. The number of carbonyl (C=O) groups is 1. The molecule has 0 saturated heterocycles. The van der Waals surface area contributed by atoms with Crippen molar-refractivity contribution < 1.29 is 9.32 Å². The number of aromatic nitrogens is 2. The molecular formula is C13H17N5O2. The van der Waals surface area contributed by atoms with Gasteiger partial charge in [0, 0.05) is 18.8 Å². The molecule has 0 fully saturated rings. The number of unbranched alkanes of at least 4 members (excludes halogenated alkanes) is 1. The van der Waals surface area contributed by atoms with Crippen molar-refractivity contribution in [1.82, 2.24) is 15.5 Å². The van der Waals surface area contributed by atoms with Crippen LogP contribution in [0.4, 0.5) is 16.4 Å². The zero-order valence-electron chi connectivity index (χ0n) is 11.0. The SMILES string of the molecule is Nc1cc(CCCCNC(=O)Nc2ccon2)ccn1. The van der Waals surface area contributed by atoms with Gasteiger partial charge in [0.05, 0.1) is 0 Å². The lowest BCUT2D eigenvalue weighted by molar-refractivity contribution is 0.251. The van der Waals surface area contributed by atoms with Crippen LogP contribution in [-0.2, 0) is 6.42 Å². The van der Waals surface area contributed by atoms with E-state index in [1.807, 2.05) is 12.1 Å². The van der Waals surface area contributed by atoms with Crippen LogP contribution in [-0.4, -0.2) is 22.7 Å². The number of hydrogen-bond acceptors (Lipinski definition) is 5. The highest BCUT2D eigenvalue weighted by atomic mass is 16.5. The number of carbonyl (C=O) groups excluding carboxylic acids is 1. The van der Waals surface area contributed by atoms with E-state index < -0.39 is 0 Å². The van der Waals surface area contributed by atoms with Crippen molar-refractivity contribution >= 4 is 17.7 Å². The van der Waals surface area contributed by atoms with E-state index in [-0.39, 0.29) is 6.03 Å². The van der Waals surface area contributed by atoms with Crippen LogP contribution >= 0.6 is 0 Å². The zero-order valence-corrected chi connectivity index (χ0v) is 11.0. The second-order valence-electron chi connectivity index (χ2n) is 4.31. The van der Waals surface area contributed by atoms with Gasteiger partial charge in [0.25, 0.3) is 0 Å². The van der Waals surface area contributed by atoms with Crippen LogP contribution < -0.4 is 16.4 Å². The van der Waals surface area contributed by atoms with Gasteiger partial charge in [-0.1, -0.05) is 5.16 Å². The second-order valence-corrected chi connectivity index (χ2v) is 4.31. The normalized spacial score (nSPS) is 10.2. The first-order chi connectivity index (χ1) is 9.74. The van der Waals surface area contributed by atoms with Gasteiger partial charge in [-0.2, -0.15) is 0 Å². The predicted octanol–water partition coefficient (Wildman–Crippen LogP) is 1.80. The highest BCUT2D eigenvalue weighted by molar-refractivity contribution is 5.87. The summed E-state index contributed by atoms with van der Waals surface area (Å²) in [6, 6.07) is 5.10. The number of hydrogen-bond donors (Lipinski definition) is 3. The Bertz CT molecular complexity index is 541. The number of rotatable bonds is 6. The fraction of sp³-hybridized carbons (Fsp3) is 0.308. The molecule has 0 bridgehead atoms. The molecule has 2 heterocycles. The van der Waals surface area contributed by atoms with Crippen molar-refractivity contribution in [2.75, 3.05) is 17.6 Å². The van der Waals surface area contributed by atoms with E-state index in [4.69, 9.17) is 5.73 Å². The maximum absolute atomic E-state index is 11.5. The lowest BCUT2D eigenvalue weighted by Crippen LogP contribution is -2.29. The number of nitrogen functional groups attached to an aromatic ring is 1. The van der Waals surface area contributed by atoms with Gasteiger partial charge in [0.1, 0.15) is 12.1 Å². The Hall–Kier alpha value is -2.57. The van der Waals surface area contributed by atoms with E-state index in [2.05, 4.69) is 25.3 Å². The Morgan fingerprint density at radius 1 is 1.35 bits per heavy atom. The third kappa shape index (κ3) is 4.60. The fourth-order valence-electron chi connectivity index (χ4n) is 1.74. The Kier molecular flexibility index (Phi) is 4.94. The summed E-state index contributed by atoms with van der Waals surface area (Å²) in [5, 5.41) is 8.89. The molecule has 0 aliphatic heterocycles. The molecule has 0 aliphatic rings. The number of amides is 2. The monoisotopic (exact) mass is 275 g/mol. The molecule has 0 saturated carbocycles. The van der Waals surface area contributed by atoms with E-state index in [9.17, 15) is 4.79 Å². The summed E-state index contributed by atoms with van der Waals surface area (Å²) in [4.78, 5) is 15.4. The van der Waals surface area contributed by atoms with Crippen LogP contribution in [0.5, 0.6) is 0 Å². The van der Waals surface area contributed by atoms with Crippen LogP contribution in [0, 0.1) is 0 Å². The van der Waals surface area contributed by atoms with Gasteiger partial charge in [-0.05, 0) is 37.0 Å². The molecule has 0 aliphatic carbocycles. The average molecular weight is 275 g/mol. The van der Waals surface area contributed by atoms with Gasteiger partial charge in [-0.3, -0.25) is 5.32 Å². The number of urea groups is 1. The quantitative estimate of drug-likeness (QED) is 0.697. The minimum absolute atomic E-state index is 0.285. The lowest BCUT2D eigenvalue weighted by atomic mass is 10.1. The maximum Gasteiger partial charge on any atom is 0.320 e. The van der Waals surface area contributed by atoms with E-state index in [0.717, 1.165) is 24.8 Å². The van der Waals surface area contributed by atoms with Gasteiger partial charge in [-0.15, -0.1) is 0 Å². The Morgan fingerprint density at radius 2 is 2.25 bits per heavy atom. The molecule has 2 amide bonds. The summed E-state index contributed by atoms with van der Waals surface area (Å²) in [7, 11) is 0. The van der Waals surface area contributed by atoms with Crippen LogP contribution in [0.25, 0.3) is 0 Å². The van der Waals surface area contributed by atoms with Gasteiger partial charge in [0.2, 0.25) is 0 Å². The van der Waals surface area contributed by atoms with Gasteiger partial charge >= 0.3 is 6.03 Å². The van der Waals surface area contributed by atoms with Crippen LogP contribution in [0.2, 0.25) is 0 Å². The molecule has 2 rings (SSSR count). The molecule has 7 nitrogen and oxygen atoms in total. The first kappa shape index (κ1) is 13.9. The van der Waals surface area contributed by atoms with E-state index >= 15 is 0 Å². The summed E-state index contributed by atoms with van der Waals surface area (Å²) in [5.74, 6) is 0.933. The van der Waals surface area contributed by atoms with E-state index in [0.29, 0.717) is 18.2 Å². The number of aryl methyl sites for hydroxylation is 1. The summed E-state index contributed by atoms with van der Waals surface area (Å²) in [6.45, 7) is 0.601. The molecule has 0 atom stereocenters. The summed E-state index contributed by atoms with van der Waals surface area (Å²) < 4.78 is 4.61. The molecule has 2 aromatic rings. The molecule has 0 unspecified atom stereocenters. The number of nitrogens with two attached hydrogens (primary N) is 1. The molecule has 20 heavy (non-hydrogen) atoms. The standard InChI is InChI=1S/C13H17N5O2/c14-11-9-10(4-7-15-11)3-1-2-6-16-13(19)17-12-5-8-20-18-12/h4-5,7-9H,1-3,6H2,(H2,14,15)(H2,16,17,18,19). The smallest absolute Gasteiger partial charge is 0.320 e. The van der Waals surface area contributed by atoms with E-state index in [1.54, 1.807) is 12.3 Å². The topological polar surface area (TPSA) is 106 Å². The van der Waals surface area contributed by atoms with Crippen molar-refractivity contribution in [2.24, 2.45) is 0 Å². The average Bonchev–Trinajstić information content (AvgIpc) is 2.91. The zero-order chi connectivity index (χ0) is 14.2. The third-order valence-corrected chi connectivity index (χ3v) is 2.70. The molecule has 0 spiro atoms. The molecule has 0 radical (unpaired) electrons. The first-order valence-corrected chi connectivity index (χ1v) is 6.39. The van der Waals surface area contributed by atoms with Crippen molar-refractivity contribution in [3.63, 3.8) is 0 Å². The van der Waals surface area contributed by atoms with Crippen molar-refractivity contribution in [3.8, 4) is 0 Å². The van der Waals surface area contributed by atoms with Crippen LogP contribution in [0.15, 0.2) is 35.2 Å². The summed E-state index contributed by atoms with van der Waals surface area (Å²) in [6.07, 6.45) is 5.87. The number of nitrogens with one attached hydrogen (secondary N) is 2. The van der Waals surface area contributed by atoms with Crippen molar-refractivity contribution in [3.05, 3.63) is 36.2 Å². The van der Waals surface area contributed by atoms with E-state index in [1.165, 1.54) is 6.26 Å². The van der Waals surface area contributed by atoms with Crippen LogP contribution in [0.1, 0.15) is 18.4 Å². The van der Waals surface area contributed by atoms with Crippen molar-refractivity contribution in [2.45, 2.75) is 19.3 Å². The highest BCUT2D eigenvalue weighted by Crippen LogP contribution is 2.07. The number of anilines is 2. The largest absolute Gasteiger partial charge is 0.384 e. The lowest BCUT2D eigenvalue weighted by Gasteiger charge is -2.05. The fourth-order valence-corrected chi connectivity index (χ4v) is 1.74. The Labute approximate surface area is 116 Å². The van der Waals surface area contributed by atoms with Gasteiger partial charge in [-0.25, -0.2) is 9.78 Å². The second kappa shape index (κ2) is 7.13. The van der Waals surface area contributed by atoms with Crippen molar-refractivity contribution in [1.29, 1.82) is 0 Å². The molecule has 106 valence electrons. The Balaban J connectivity index is 1.58. The third-order valence-electron chi connectivity index (χ3n) is 2.70. The molecule has 4 N–H and O–H groups in total. The number of nitrogens with zero attached hydrogens (tertiary/aromatic N) is 2. The summed E-state index contributed by atoms with van der Waals surface area (Å²) in [5.41, 5.74) is 6.76. The Morgan fingerprint density at radius 3 is 3.00 bits per heavy atom. The minimum atomic E-state index is -0.285. The molecule has 7 heteroatoms. The minimum Gasteiger partial charge on any atom is -0.384 e.